The molecular weight excluding hydrogens is 154 g/mol. The van der Waals surface area contributed by atoms with Crippen molar-refractivity contribution in [1.29, 1.82) is 0 Å². The van der Waals surface area contributed by atoms with Crippen LogP contribution in [0.25, 0.3) is 0 Å². The quantitative estimate of drug-likeness (QED) is 0.465. The monoisotopic (exact) mass is 166 g/mol. The standard InChI is InChI=1S/C9H12NO2/c1-10-5-3-8(4-6-10)7-9(11)12-2/h3-6H,7H2,1-2H3/q+1. The van der Waals surface area contributed by atoms with Crippen molar-refractivity contribution in [3.05, 3.63) is 30.1 Å². The number of hydrogen-bond donors (Lipinski definition) is 0. The fourth-order valence-corrected chi connectivity index (χ4v) is 0.889. The molecule has 0 bridgehead atoms. The molecular formula is C9H12NO2+. The maximum Gasteiger partial charge on any atom is 0.309 e. The normalized spacial score (nSPS) is 9.50. The molecule has 0 N–H and O–H groups in total. The SMILES string of the molecule is COC(=O)Cc1cc[n+](C)cc1. The van der Waals surface area contributed by atoms with E-state index in [0.29, 0.717) is 6.42 Å². The highest BCUT2D eigenvalue weighted by atomic mass is 16.5. The average Bonchev–Trinajstić information content (AvgIpc) is 2.09. The first-order valence-electron chi connectivity index (χ1n) is 3.73. The molecule has 3 heteroatoms. The number of pyridine rings is 1. The van der Waals surface area contributed by atoms with E-state index in [1.807, 2.05) is 36.1 Å². The van der Waals surface area contributed by atoms with Crippen molar-refractivity contribution in [2.24, 2.45) is 7.05 Å². The lowest BCUT2D eigenvalue weighted by Crippen LogP contribution is -2.26. The Morgan fingerprint density at radius 1 is 1.50 bits per heavy atom. The maximum atomic E-state index is 10.8. The molecule has 0 spiro atoms. The molecule has 1 rings (SSSR count). The Labute approximate surface area is 71.6 Å². The zero-order chi connectivity index (χ0) is 8.97. The number of esters is 1. The second kappa shape index (κ2) is 3.85. The Bertz CT molecular complexity index is 266. The number of aromatic nitrogens is 1. The molecule has 0 saturated carbocycles. The van der Waals surface area contributed by atoms with Crippen LogP contribution in [0.2, 0.25) is 0 Å². The van der Waals surface area contributed by atoms with Gasteiger partial charge in [0.05, 0.1) is 13.5 Å². The summed E-state index contributed by atoms with van der Waals surface area (Å²) in [6.07, 6.45) is 4.15. The van der Waals surface area contributed by atoms with Crippen LogP contribution in [0, 0.1) is 0 Å². The van der Waals surface area contributed by atoms with Gasteiger partial charge in [-0.1, -0.05) is 0 Å². The highest BCUT2D eigenvalue weighted by molar-refractivity contribution is 5.72. The lowest BCUT2D eigenvalue weighted by Gasteiger charge is -1.97. The Balaban J connectivity index is 2.64. The molecule has 0 aliphatic heterocycles. The van der Waals surface area contributed by atoms with E-state index in [9.17, 15) is 4.79 Å². The van der Waals surface area contributed by atoms with Crippen molar-refractivity contribution in [3.63, 3.8) is 0 Å². The third-order valence-corrected chi connectivity index (χ3v) is 1.62. The molecule has 0 atom stereocenters. The lowest BCUT2D eigenvalue weighted by atomic mass is 10.2. The zero-order valence-corrected chi connectivity index (χ0v) is 7.28. The summed E-state index contributed by atoms with van der Waals surface area (Å²) in [5.74, 6) is -0.205. The number of ether oxygens (including phenoxy) is 1. The molecule has 0 unspecified atom stereocenters. The molecule has 0 fully saturated rings. The second-order valence-corrected chi connectivity index (χ2v) is 2.62. The summed E-state index contributed by atoms with van der Waals surface area (Å²) < 4.78 is 6.46. The molecule has 1 aromatic heterocycles. The molecule has 0 aliphatic rings. The fourth-order valence-electron chi connectivity index (χ4n) is 0.889. The van der Waals surface area contributed by atoms with Crippen molar-refractivity contribution in [3.8, 4) is 0 Å². The fraction of sp³-hybridized carbons (Fsp3) is 0.333. The first-order valence-corrected chi connectivity index (χ1v) is 3.73. The molecule has 1 aromatic rings. The molecule has 64 valence electrons. The van der Waals surface area contributed by atoms with E-state index in [1.54, 1.807) is 0 Å². The van der Waals surface area contributed by atoms with Crippen LogP contribution in [-0.2, 0) is 23.0 Å². The van der Waals surface area contributed by atoms with Gasteiger partial charge in [0.1, 0.15) is 7.05 Å². The summed E-state index contributed by atoms with van der Waals surface area (Å²) in [6, 6.07) is 3.80. The molecule has 0 aliphatic carbocycles. The number of hydrogen-bond acceptors (Lipinski definition) is 2. The number of carbonyl (C=O) groups excluding carboxylic acids is 1. The Kier molecular flexibility index (Phi) is 2.80. The van der Waals surface area contributed by atoms with E-state index < -0.39 is 0 Å². The van der Waals surface area contributed by atoms with Gasteiger partial charge in [0.15, 0.2) is 12.4 Å². The van der Waals surface area contributed by atoms with Crippen LogP contribution in [0.3, 0.4) is 0 Å². The highest BCUT2D eigenvalue weighted by Crippen LogP contribution is 1.96. The summed E-state index contributed by atoms with van der Waals surface area (Å²) >= 11 is 0. The lowest BCUT2D eigenvalue weighted by molar-refractivity contribution is -0.671. The molecule has 12 heavy (non-hydrogen) atoms. The summed E-state index contributed by atoms with van der Waals surface area (Å²) in [5.41, 5.74) is 0.972. The van der Waals surface area contributed by atoms with E-state index in [-0.39, 0.29) is 5.97 Å². The largest absolute Gasteiger partial charge is 0.469 e. The van der Waals surface area contributed by atoms with E-state index >= 15 is 0 Å². The minimum Gasteiger partial charge on any atom is -0.469 e. The van der Waals surface area contributed by atoms with E-state index in [2.05, 4.69) is 4.74 Å². The van der Waals surface area contributed by atoms with Crippen LogP contribution in [0.4, 0.5) is 0 Å². The van der Waals surface area contributed by atoms with Gasteiger partial charge in [-0.15, -0.1) is 0 Å². The zero-order valence-electron chi connectivity index (χ0n) is 7.28. The second-order valence-electron chi connectivity index (χ2n) is 2.62. The summed E-state index contributed by atoms with van der Waals surface area (Å²) in [4.78, 5) is 10.8. The van der Waals surface area contributed by atoms with Crippen molar-refractivity contribution in [2.45, 2.75) is 6.42 Å². The molecule has 0 saturated heterocycles. The van der Waals surface area contributed by atoms with E-state index in [4.69, 9.17) is 0 Å². The van der Waals surface area contributed by atoms with Crippen LogP contribution in [0.5, 0.6) is 0 Å². The number of aryl methyl sites for hydroxylation is 1. The molecule has 3 nitrogen and oxygen atoms in total. The summed E-state index contributed by atoms with van der Waals surface area (Å²) in [5, 5.41) is 0. The van der Waals surface area contributed by atoms with Crippen molar-refractivity contribution in [2.75, 3.05) is 7.11 Å². The van der Waals surface area contributed by atoms with Crippen LogP contribution >= 0.6 is 0 Å². The predicted molar refractivity (Wildman–Crippen MR) is 43.3 cm³/mol. The number of methoxy groups -OCH3 is 1. The van der Waals surface area contributed by atoms with Crippen molar-refractivity contribution < 1.29 is 14.1 Å². The van der Waals surface area contributed by atoms with E-state index in [0.717, 1.165) is 5.56 Å². The van der Waals surface area contributed by atoms with Gasteiger partial charge in [-0.25, -0.2) is 4.57 Å². The third kappa shape index (κ3) is 2.34. The minimum atomic E-state index is -0.205. The van der Waals surface area contributed by atoms with Crippen LogP contribution in [-0.4, -0.2) is 13.1 Å². The van der Waals surface area contributed by atoms with Gasteiger partial charge in [0.2, 0.25) is 0 Å². The van der Waals surface area contributed by atoms with Crippen LogP contribution < -0.4 is 4.57 Å². The molecule has 1 heterocycles. The number of carbonyl (C=O) groups is 1. The first kappa shape index (κ1) is 8.71. The molecule has 0 aromatic carbocycles. The Hall–Kier alpha value is -1.38. The van der Waals surface area contributed by atoms with Gasteiger partial charge in [-0.2, -0.15) is 0 Å². The predicted octanol–water partition coefficient (Wildman–Crippen LogP) is 0.227. The van der Waals surface area contributed by atoms with E-state index in [1.165, 1.54) is 7.11 Å². The van der Waals surface area contributed by atoms with Gasteiger partial charge in [-0.3, -0.25) is 4.79 Å². The highest BCUT2D eigenvalue weighted by Gasteiger charge is 2.02. The topological polar surface area (TPSA) is 30.2 Å². The van der Waals surface area contributed by atoms with Crippen molar-refractivity contribution in [1.82, 2.24) is 0 Å². The summed E-state index contributed by atoms with van der Waals surface area (Å²) in [6.45, 7) is 0. The number of rotatable bonds is 2. The Morgan fingerprint density at radius 3 is 2.58 bits per heavy atom. The molecule has 0 radical (unpaired) electrons. The minimum absolute atomic E-state index is 0.205. The van der Waals surface area contributed by atoms with Crippen LogP contribution in [0.15, 0.2) is 24.5 Å². The maximum absolute atomic E-state index is 10.8. The van der Waals surface area contributed by atoms with Crippen LogP contribution in [0.1, 0.15) is 5.56 Å². The van der Waals surface area contributed by atoms with Crippen molar-refractivity contribution >= 4 is 5.97 Å². The average molecular weight is 166 g/mol. The van der Waals surface area contributed by atoms with Gasteiger partial charge >= 0.3 is 5.97 Å². The van der Waals surface area contributed by atoms with Gasteiger partial charge in [-0.05, 0) is 5.56 Å². The third-order valence-electron chi connectivity index (χ3n) is 1.62. The first-order chi connectivity index (χ1) is 5.72. The number of nitrogens with zero attached hydrogens (tertiary/aromatic N) is 1. The van der Waals surface area contributed by atoms with Gasteiger partial charge in [0, 0.05) is 12.1 Å². The smallest absolute Gasteiger partial charge is 0.309 e. The Morgan fingerprint density at radius 2 is 2.08 bits per heavy atom. The van der Waals surface area contributed by atoms with Gasteiger partial charge in [0.25, 0.3) is 0 Å². The van der Waals surface area contributed by atoms with Gasteiger partial charge < -0.3 is 4.74 Å². The summed E-state index contributed by atoms with van der Waals surface area (Å²) in [7, 11) is 3.33. The molecule has 0 amide bonds.